The molecule has 5 nitrogen and oxygen atoms in total. The van der Waals surface area contributed by atoms with Gasteiger partial charge < -0.3 is 9.88 Å². The zero-order valence-corrected chi connectivity index (χ0v) is 13.6. The summed E-state index contributed by atoms with van der Waals surface area (Å²) in [6, 6.07) is 10.4. The third kappa shape index (κ3) is 3.99. The molecule has 0 radical (unpaired) electrons. The Kier molecular flexibility index (Phi) is 5.08. The van der Waals surface area contributed by atoms with Crippen LogP contribution >= 0.6 is 0 Å². The fourth-order valence-corrected chi connectivity index (χ4v) is 3.13. The van der Waals surface area contributed by atoms with Gasteiger partial charge in [0, 0.05) is 18.9 Å². The highest BCUT2D eigenvalue weighted by molar-refractivity contribution is 5.81. The van der Waals surface area contributed by atoms with Gasteiger partial charge in [0.25, 0.3) is 0 Å². The van der Waals surface area contributed by atoms with E-state index in [2.05, 4.69) is 44.0 Å². The molecule has 0 saturated carbocycles. The van der Waals surface area contributed by atoms with Crippen LogP contribution < -0.4 is 5.32 Å². The van der Waals surface area contributed by atoms with Crippen molar-refractivity contribution in [2.75, 3.05) is 13.6 Å². The minimum Gasteiger partial charge on any atom is -0.348 e. The van der Waals surface area contributed by atoms with Crippen molar-refractivity contribution in [1.29, 1.82) is 0 Å². The molecule has 0 aliphatic carbocycles. The number of likely N-dealkylation sites (N-methyl/N-ethyl adjacent to an activating group) is 1. The SMILES string of the molecule is CN1CCC[C@@H]1C(=O)NCc1nccn1CCc1ccccc1. The van der Waals surface area contributed by atoms with Crippen LogP contribution in [0.25, 0.3) is 0 Å². The van der Waals surface area contributed by atoms with Crippen molar-refractivity contribution in [3.8, 4) is 0 Å². The van der Waals surface area contributed by atoms with E-state index < -0.39 is 0 Å². The quantitative estimate of drug-likeness (QED) is 0.885. The average molecular weight is 312 g/mol. The van der Waals surface area contributed by atoms with Gasteiger partial charge in [-0.05, 0) is 38.4 Å². The molecule has 5 heteroatoms. The number of imidazole rings is 1. The summed E-state index contributed by atoms with van der Waals surface area (Å²) in [7, 11) is 2.01. The first-order valence-electron chi connectivity index (χ1n) is 8.26. The molecule has 1 fully saturated rings. The molecule has 2 aromatic rings. The van der Waals surface area contributed by atoms with Crippen molar-refractivity contribution >= 4 is 5.91 Å². The van der Waals surface area contributed by atoms with E-state index >= 15 is 0 Å². The van der Waals surface area contributed by atoms with E-state index in [1.54, 1.807) is 6.20 Å². The van der Waals surface area contributed by atoms with Gasteiger partial charge in [-0.1, -0.05) is 30.3 Å². The molecule has 1 amide bonds. The number of aryl methyl sites for hydroxylation is 2. The van der Waals surface area contributed by atoms with Crippen molar-refractivity contribution in [3.63, 3.8) is 0 Å². The van der Waals surface area contributed by atoms with Gasteiger partial charge in [-0.2, -0.15) is 0 Å². The lowest BCUT2D eigenvalue weighted by Gasteiger charge is -2.18. The summed E-state index contributed by atoms with van der Waals surface area (Å²) >= 11 is 0. The second-order valence-electron chi connectivity index (χ2n) is 6.13. The highest BCUT2D eigenvalue weighted by Gasteiger charge is 2.27. The number of carbonyl (C=O) groups is 1. The molecular formula is C18H24N4O. The Morgan fingerprint density at radius 3 is 2.91 bits per heavy atom. The number of amides is 1. The number of carbonyl (C=O) groups excluding carboxylic acids is 1. The summed E-state index contributed by atoms with van der Waals surface area (Å²) in [5.41, 5.74) is 1.31. The van der Waals surface area contributed by atoms with Crippen LogP contribution in [0.3, 0.4) is 0 Å². The van der Waals surface area contributed by atoms with Crippen LogP contribution in [0.4, 0.5) is 0 Å². The molecule has 23 heavy (non-hydrogen) atoms. The highest BCUT2D eigenvalue weighted by Crippen LogP contribution is 2.14. The molecule has 1 aliphatic heterocycles. The van der Waals surface area contributed by atoms with Crippen LogP contribution in [0.5, 0.6) is 0 Å². The van der Waals surface area contributed by atoms with Gasteiger partial charge in [0.1, 0.15) is 5.82 Å². The molecule has 1 saturated heterocycles. The van der Waals surface area contributed by atoms with Crippen LogP contribution in [0.1, 0.15) is 24.2 Å². The van der Waals surface area contributed by atoms with Gasteiger partial charge in [-0.25, -0.2) is 4.98 Å². The third-order valence-electron chi connectivity index (χ3n) is 4.53. The molecular weight excluding hydrogens is 288 g/mol. The number of hydrogen-bond acceptors (Lipinski definition) is 3. The molecule has 1 aromatic heterocycles. The second kappa shape index (κ2) is 7.42. The number of nitrogens with one attached hydrogen (secondary N) is 1. The number of benzene rings is 1. The van der Waals surface area contributed by atoms with Crippen molar-refractivity contribution < 1.29 is 4.79 Å². The Balaban J connectivity index is 1.53. The maximum absolute atomic E-state index is 12.3. The Labute approximate surface area is 137 Å². The summed E-state index contributed by atoms with van der Waals surface area (Å²) in [6.45, 7) is 2.37. The fraction of sp³-hybridized carbons (Fsp3) is 0.444. The smallest absolute Gasteiger partial charge is 0.237 e. The number of hydrogen-bond donors (Lipinski definition) is 1. The van der Waals surface area contributed by atoms with E-state index in [4.69, 9.17) is 0 Å². The lowest BCUT2D eigenvalue weighted by atomic mass is 10.1. The van der Waals surface area contributed by atoms with Crippen molar-refractivity contribution in [1.82, 2.24) is 19.8 Å². The minimum atomic E-state index is 0.0164. The van der Waals surface area contributed by atoms with Gasteiger partial charge in [-0.3, -0.25) is 9.69 Å². The van der Waals surface area contributed by atoms with Gasteiger partial charge >= 0.3 is 0 Å². The first-order chi connectivity index (χ1) is 11.2. The molecule has 0 bridgehead atoms. The Bertz CT molecular complexity index is 637. The number of aromatic nitrogens is 2. The van der Waals surface area contributed by atoms with Crippen LogP contribution in [0.15, 0.2) is 42.7 Å². The second-order valence-corrected chi connectivity index (χ2v) is 6.13. The highest BCUT2D eigenvalue weighted by atomic mass is 16.2. The molecule has 1 aromatic carbocycles. The van der Waals surface area contributed by atoms with Crippen molar-refractivity contribution in [2.45, 2.75) is 38.4 Å². The molecule has 1 N–H and O–H groups in total. The maximum atomic E-state index is 12.3. The van der Waals surface area contributed by atoms with Gasteiger partial charge in [-0.15, -0.1) is 0 Å². The molecule has 1 atom stereocenters. The van der Waals surface area contributed by atoms with Gasteiger partial charge in [0.2, 0.25) is 5.91 Å². The van der Waals surface area contributed by atoms with Crippen molar-refractivity contribution in [3.05, 3.63) is 54.1 Å². The molecule has 1 aliphatic rings. The standard InChI is InChI=1S/C18H24N4O/c1-21-11-5-8-16(21)18(23)20-14-17-19-10-13-22(17)12-9-15-6-3-2-4-7-15/h2-4,6-7,10,13,16H,5,8-9,11-12,14H2,1H3,(H,20,23)/t16-/m1/s1. The largest absolute Gasteiger partial charge is 0.348 e. The van der Waals surface area contributed by atoms with Gasteiger partial charge in [0.05, 0.1) is 12.6 Å². The number of nitrogens with zero attached hydrogens (tertiary/aromatic N) is 3. The van der Waals surface area contributed by atoms with E-state index in [-0.39, 0.29) is 11.9 Å². The third-order valence-corrected chi connectivity index (χ3v) is 4.53. The summed E-state index contributed by atoms with van der Waals surface area (Å²) in [5.74, 6) is 1.03. The molecule has 0 spiro atoms. The summed E-state index contributed by atoms with van der Waals surface area (Å²) in [6.07, 6.45) is 6.79. The van der Waals surface area contributed by atoms with E-state index in [0.717, 1.165) is 38.2 Å². The first-order valence-corrected chi connectivity index (χ1v) is 8.26. The number of likely N-dealkylation sites (tertiary alicyclic amines) is 1. The summed E-state index contributed by atoms with van der Waals surface area (Å²) < 4.78 is 2.12. The first kappa shape index (κ1) is 15.7. The van der Waals surface area contributed by atoms with E-state index in [1.807, 2.05) is 19.3 Å². The minimum absolute atomic E-state index is 0.0164. The Morgan fingerprint density at radius 2 is 2.17 bits per heavy atom. The monoisotopic (exact) mass is 312 g/mol. The fourth-order valence-electron chi connectivity index (χ4n) is 3.13. The van der Waals surface area contributed by atoms with Crippen LogP contribution in [-0.2, 0) is 24.3 Å². The lowest BCUT2D eigenvalue weighted by Crippen LogP contribution is -2.41. The zero-order valence-electron chi connectivity index (χ0n) is 13.6. The van der Waals surface area contributed by atoms with E-state index in [1.165, 1.54) is 5.56 Å². The summed E-state index contributed by atoms with van der Waals surface area (Å²) in [4.78, 5) is 18.8. The molecule has 2 heterocycles. The molecule has 3 rings (SSSR count). The van der Waals surface area contributed by atoms with E-state index in [0.29, 0.717) is 6.54 Å². The predicted octanol–water partition coefficient (Wildman–Crippen LogP) is 1.84. The normalized spacial score (nSPS) is 18.2. The number of rotatable bonds is 6. The topological polar surface area (TPSA) is 50.2 Å². The van der Waals surface area contributed by atoms with E-state index in [9.17, 15) is 4.79 Å². The van der Waals surface area contributed by atoms with Crippen LogP contribution in [0, 0.1) is 0 Å². The van der Waals surface area contributed by atoms with Crippen LogP contribution in [0.2, 0.25) is 0 Å². The molecule has 122 valence electrons. The molecule has 0 unspecified atom stereocenters. The van der Waals surface area contributed by atoms with Crippen molar-refractivity contribution in [2.24, 2.45) is 0 Å². The maximum Gasteiger partial charge on any atom is 0.237 e. The average Bonchev–Trinajstić information content (AvgIpc) is 3.20. The summed E-state index contributed by atoms with van der Waals surface area (Å²) in [5, 5.41) is 3.03. The predicted molar refractivity (Wildman–Crippen MR) is 89.9 cm³/mol. The van der Waals surface area contributed by atoms with Gasteiger partial charge in [0.15, 0.2) is 0 Å². The zero-order chi connectivity index (χ0) is 16.1. The lowest BCUT2D eigenvalue weighted by molar-refractivity contribution is -0.125. The Morgan fingerprint density at radius 1 is 1.35 bits per heavy atom. The Hall–Kier alpha value is -2.14. The van der Waals surface area contributed by atoms with Crippen LogP contribution in [-0.4, -0.2) is 40.0 Å².